The van der Waals surface area contributed by atoms with Crippen molar-refractivity contribution >= 4 is 11.4 Å². The summed E-state index contributed by atoms with van der Waals surface area (Å²) in [5, 5.41) is 13.8. The van der Waals surface area contributed by atoms with Crippen LogP contribution >= 0.6 is 0 Å². The predicted molar refractivity (Wildman–Crippen MR) is 76.3 cm³/mol. The third-order valence-electron chi connectivity index (χ3n) is 2.95. The van der Waals surface area contributed by atoms with E-state index in [1.807, 2.05) is 6.92 Å². The van der Waals surface area contributed by atoms with Crippen molar-refractivity contribution in [1.82, 2.24) is 0 Å². The highest BCUT2D eigenvalue weighted by atomic mass is 19.1. The Morgan fingerprint density at radius 3 is 2.70 bits per heavy atom. The second kappa shape index (κ2) is 6.14. The van der Waals surface area contributed by atoms with E-state index in [-0.39, 0.29) is 17.5 Å². The third-order valence-corrected chi connectivity index (χ3v) is 2.95. The molecule has 0 saturated heterocycles. The lowest BCUT2D eigenvalue weighted by atomic mass is 10.1. The van der Waals surface area contributed by atoms with Gasteiger partial charge in [-0.1, -0.05) is 24.3 Å². The van der Waals surface area contributed by atoms with Crippen LogP contribution in [-0.4, -0.2) is 11.0 Å². The minimum absolute atomic E-state index is 0.0334. The van der Waals surface area contributed by atoms with Gasteiger partial charge in [-0.15, -0.1) is 0 Å². The second-order valence-corrected chi connectivity index (χ2v) is 4.65. The Bertz CT molecular complexity index is 616. The zero-order chi connectivity index (χ0) is 14.5. The van der Waals surface area contributed by atoms with Crippen molar-refractivity contribution < 1.29 is 9.31 Å². The van der Waals surface area contributed by atoms with Gasteiger partial charge in [0, 0.05) is 23.9 Å². The van der Waals surface area contributed by atoms with Crippen LogP contribution in [0.1, 0.15) is 12.5 Å². The number of halogens is 1. The Hall–Kier alpha value is -2.43. The summed E-state index contributed by atoms with van der Waals surface area (Å²) < 4.78 is 13.5. The summed E-state index contributed by atoms with van der Waals surface area (Å²) in [5.74, 6) is -0.236. The quantitative estimate of drug-likeness (QED) is 0.667. The molecule has 0 aliphatic heterocycles. The molecule has 4 nitrogen and oxygen atoms in total. The first-order valence-corrected chi connectivity index (χ1v) is 6.30. The molecule has 0 aliphatic carbocycles. The maximum Gasteiger partial charge on any atom is 0.271 e. The van der Waals surface area contributed by atoms with Gasteiger partial charge in [-0.25, -0.2) is 4.39 Å². The van der Waals surface area contributed by atoms with Crippen molar-refractivity contribution in [1.29, 1.82) is 0 Å². The second-order valence-electron chi connectivity index (χ2n) is 4.65. The Morgan fingerprint density at radius 1 is 1.25 bits per heavy atom. The van der Waals surface area contributed by atoms with Gasteiger partial charge in [0.25, 0.3) is 5.69 Å². The SMILES string of the molecule is CC(Cc1ccccc1F)Nc1cccc([N+](=O)[O-])c1. The highest BCUT2D eigenvalue weighted by Crippen LogP contribution is 2.19. The molecule has 0 radical (unpaired) electrons. The van der Waals surface area contributed by atoms with Crippen LogP contribution in [0.5, 0.6) is 0 Å². The molecule has 0 fully saturated rings. The van der Waals surface area contributed by atoms with Gasteiger partial charge in [-0.05, 0) is 31.0 Å². The summed E-state index contributed by atoms with van der Waals surface area (Å²) in [5.41, 5.74) is 1.31. The van der Waals surface area contributed by atoms with Gasteiger partial charge in [0.1, 0.15) is 5.82 Å². The number of anilines is 1. The van der Waals surface area contributed by atoms with Crippen molar-refractivity contribution in [2.24, 2.45) is 0 Å². The monoisotopic (exact) mass is 274 g/mol. The first-order valence-electron chi connectivity index (χ1n) is 6.30. The first-order chi connectivity index (χ1) is 9.56. The number of nitrogens with one attached hydrogen (secondary N) is 1. The fraction of sp³-hybridized carbons (Fsp3) is 0.200. The lowest BCUT2D eigenvalue weighted by molar-refractivity contribution is -0.384. The van der Waals surface area contributed by atoms with Crippen molar-refractivity contribution in [3.8, 4) is 0 Å². The van der Waals surface area contributed by atoms with E-state index in [9.17, 15) is 14.5 Å². The summed E-state index contributed by atoms with van der Waals surface area (Å²) in [4.78, 5) is 10.3. The highest BCUT2D eigenvalue weighted by molar-refractivity contribution is 5.51. The topological polar surface area (TPSA) is 55.2 Å². The molecular weight excluding hydrogens is 259 g/mol. The van der Waals surface area contributed by atoms with Crippen LogP contribution in [-0.2, 0) is 6.42 Å². The average molecular weight is 274 g/mol. The van der Waals surface area contributed by atoms with Crippen LogP contribution in [0.2, 0.25) is 0 Å². The molecule has 0 saturated carbocycles. The molecular formula is C15H15FN2O2. The lowest BCUT2D eigenvalue weighted by Crippen LogP contribution is -2.18. The summed E-state index contributed by atoms with van der Waals surface area (Å²) in [6.07, 6.45) is 0.509. The van der Waals surface area contributed by atoms with E-state index in [1.54, 1.807) is 30.3 Å². The third kappa shape index (κ3) is 3.54. The van der Waals surface area contributed by atoms with Crippen LogP contribution in [0.3, 0.4) is 0 Å². The van der Waals surface area contributed by atoms with E-state index in [0.717, 1.165) is 0 Å². The zero-order valence-corrected chi connectivity index (χ0v) is 11.0. The number of rotatable bonds is 5. The zero-order valence-electron chi connectivity index (χ0n) is 11.0. The normalized spacial score (nSPS) is 11.9. The summed E-state index contributed by atoms with van der Waals surface area (Å²) in [6.45, 7) is 1.91. The van der Waals surface area contributed by atoms with Crippen LogP contribution in [0.15, 0.2) is 48.5 Å². The molecule has 1 N–H and O–H groups in total. The summed E-state index contributed by atoms with van der Waals surface area (Å²) in [7, 11) is 0. The fourth-order valence-electron chi connectivity index (χ4n) is 2.04. The number of hydrogen-bond acceptors (Lipinski definition) is 3. The van der Waals surface area contributed by atoms with Crippen LogP contribution in [0.25, 0.3) is 0 Å². The smallest absolute Gasteiger partial charge is 0.271 e. The molecule has 1 unspecified atom stereocenters. The first kappa shape index (κ1) is 14.0. The Labute approximate surface area is 116 Å². The summed E-state index contributed by atoms with van der Waals surface area (Å²) in [6, 6.07) is 12.9. The predicted octanol–water partition coefficient (Wildman–Crippen LogP) is 3.78. The van der Waals surface area contributed by atoms with Crippen molar-refractivity contribution in [3.63, 3.8) is 0 Å². The number of non-ortho nitro benzene ring substituents is 1. The Kier molecular flexibility index (Phi) is 4.30. The van der Waals surface area contributed by atoms with Crippen molar-refractivity contribution in [3.05, 3.63) is 70.0 Å². The van der Waals surface area contributed by atoms with Gasteiger partial charge in [-0.3, -0.25) is 10.1 Å². The van der Waals surface area contributed by atoms with Crippen LogP contribution < -0.4 is 5.32 Å². The highest BCUT2D eigenvalue weighted by Gasteiger charge is 2.10. The molecule has 1 atom stereocenters. The van der Waals surface area contributed by atoms with Gasteiger partial charge in [-0.2, -0.15) is 0 Å². The maximum absolute atomic E-state index is 13.5. The van der Waals surface area contributed by atoms with Gasteiger partial charge in [0.2, 0.25) is 0 Å². The molecule has 5 heteroatoms. The van der Waals surface area contributed by atoms with Crippen LogP contribution in [0.4, 0.5) is 15.8 Å². The minimum Gasteiger partial charge on any atom is -0.382 e. The van der Waals surface area contributed by atoms with Gasteiger partial charge in [0.05, 0.1) is 4.92 Å². The molecule has 0 spiro atoms. The molecule has 20 heavy (non-hydrogen) atoms. The Balaban J connectivity index is 2.05. The standard InChI is InChI=1S/C15H15FN2O2/c1-11(9-12-5-2-3-8-15(12)16)17-13-6-4-7-14(10-13)18(19)20/h2-8,10-11,17H,9H2,1H3. The van der Waals surface area contributed by atoms with Gasteiger partial charge < -0.3 is 5.32 Å². The average Bonchev–Trinajstić information content (AvgIpc) is 2.41. The molecule has 0 aromatic heterocycles. The van der Waals surface area contributed by atoms with E-state index in [0.29, 0.717) is 17.7 Å². The molecule has 0 amide bonds. The van der Waals surface area contributed by atoms with E-state index in [4.69, 9.17) is 0 Å². The lowest BCUT2D eigenvalue weighted by Gasteiger charge is -2.15. The Morgan fingerprint density at radius 2 is 2.00 bits per heavy atom. The van der Waals surface area contributed by atoms with E-state index >= 15 is 0 Å². The molecule has 2 aromatic carbocycles. The molecule has 2 rings (SSSR count). The van der Waals surface area contributed by atoms with Crippen molar-refractivity contribution in [2.45, 2.75) is 19.4 Å². The largest absolute Gasteiger partial charge is 0.382 e. The molecule has 0 heterocycles. The number of nitrogens with zero attached hydrogens (tertiary/aromatic N) is 1. The minimum atomic E-state index is -0.438. The molecule has 104 valence electrons. The van der Waals surface area contributed by atoms with Gasteiger partial charge in [0.15, 0.2) is 0 Å². The number of nitro groups is 1. The molecule has 2 aromatic rings. The number of benzene rings is 2. The number of nitro benzene ring substituents is 1. The molecule has 0 aliphatic rings. The summed E-state index contributed by atoms with van der Waals surface area (Å²) >= 11 is 0. The van der Waals surface area contributed by atoms with Crippen molar-refractivity contribution in [2.75, 3.05) is 5.32 Å². The van der Waals surface area contributed by atoms with E-state index in [1.165, 1.54) is 18.2 Å². The maximum atomic E-state index is 13.5. The fourth-order valence-corrected chi connectivity index (χ4v) is 2.04. The van der Waals surface area contributed by atoms with Gasteiger partial charge >= 0.3 is 0 Å². The van der Waals surface area contributed by atoms with E-state index < -0.39 is 4.92 Å². The molecule has 0 bridgehead atoms. The van der Waals surface area contributed by atoms with E-state index in [2.05, 4.69) is 5.32 Å². The van der Waals surface area contributed by atoms with Crippen LogP contribution in [0, 0.1) is 15.9 Å². The number of hydrogen-bond donors (Lipinski definition) is 1.